The average molecular weight is 524 g/mol. The number of piperidine rings is 1. The van der Waals surface area contributed by atoms with E-state index in [1.807, 2.05) is 0 Å². The molecule has 0 saturated carbocycles. The molecule has 3 amide bonds. The molecule has 2 aromatic rings. The van der Waals surface area contributed by atoms with Gasteiger partial charge in [-0.05, 0) is 36.6 Å². The lowest BCUT2D eigenvalue weighted by atomic mass is 10.0. The molecule has 2 fully saturated rings. The first-order valence-electron chi connectivity index (χ1n) is 12.1. The Morgan fingerprint density at radius 3 is 2.41 bits per heavy atom. The van der Waals surface area contributed by atoms with Gasteiger partial charge in [0.05, 0.1) is 12.2 Å². The van der Waals surface area contributed by atoms with Crippen LogP contribution in [0.1, 0.15) is 34.3 Å². The number of rotatable bonds is 7. The Kier molecular flexibility index (Phi) is 7.86. The lowest BCUT2D eigenvalue weighted by molar-refractivity contribution is -0.138. The highest BCUT2D eigenvalue weighted by Crippen LogP contribution is 2.32. The van der Waals surface area contributed by atoms with Crippen LogP contribution in [0.15, 0.2) is 36.5 Å². The van der Waals surface area contributed by atoms with E-state index in [2.05, 4.69) is 4.98 Å². The van der Waals surface area contributed by atoms with Crippen molar-refractivity contribution in [2.45, 2.75) is 31.6 Å². The number of benzene rings is 1. The third kappa shape index (κ3) is 5.95. The topological polar surface area (TPSA) is 80.2 Å². The molecule has 2 aliphatic heterocycles. The Morgan fingerprint density at radius 2 is 1.81 bits per heavy atom. The van der Waals surface area contributed by atoms with Crippen LogP contribution < -0.4 is 4.90 Å². The predicted molar refractivity (Wildman–Crippen MR) is 127 cm³/mol. The monoisotopic (exact) mass is 523 g/mol. The number of aromatic nitrogens is 1. The number of likely N-dealkylation sites (N-methyl/N-ethyl adjacent to an activating group) is 1. The molecule has 0 atom stereocenters. The van der Waals surface area contributed by atoms with Gasteiger partial charge in [-0.15, -0.1) is 0 Å². The summed E-state index contributed by atoms with van der Waals surface area (Å²) in [5, 5.41) is 9.00. The summed E-state index contributed by atoms with van der Waals surface area (Å²) in [6.07, 6.45) is -2.90. The number of hydrogen-bond donors (Lipinski definition) is 1. The molecule has 0 radical (unpaired) electrons. The zero-order valence-corrected chi connectivity index (χ0v) is 20.4. The van der Waals surface area contributed by atoms with Crippen molar-refractivity contribution < 1.29 is 32.3 Å². The van der Waals surface area contributed by atoms with E-state index < -0.39 is 17.6 Å². The van der Waals surface area contributed by atoms with Gasteiger partial charge in [0.2, 0.25) is 0 Å². The fraction of sp³-hybridized carbons (Fsp3) is 0.480. The summed E-state index contributed by atoms with van der Waals surface area (Å²) in [4.78, 5) is 35.7. The van der Waals surface area contributed by atoms with E-state index in [4.69, 9.17) is 5.11 Å². The van der Waals surface area contributed by atoms with Crippen molar-refractivity contribution in [2.24, 2.45) is 0 Å². The van der Waals surface area contributed by atoms with E-state index in [9.17, 15) is 27.2 Å². The van der Waals surface area contributed by atoms with Crippen LogP contribution in [0, 0.1) is 5.82 Å². The van der Waals surface area contributed by atoms with Gasteiger partial charge in [-0.3, -0.25) is 4.79 Å². The number of urea groups is 1. The molecule has 12 heteroatoms. The summed E-state index contributed by atoms with van der Waals surface area (Å²) in [6, 6.07) is 7.34. The van der Waals surface area contributed by atoms with E-state index in [0.29, 0.717) is 63.4 Å². The number of carbonyl (C=O) groups excluding carboxylic acids is 2. The summed E-state index contributed by atoms with van der Waals surface area (Å²) in [5.41, 5.74) is 0.261. The van der Waals surface area contributed by atoms with Crippen LogP contribution >= 0.6 is 0 Å². The third-order valence-corrected chi connectivity index (χ3v) is 6.84. The number of hydrogen-bond acceptors (Lipinski definition) is 5. The maximum absolute atomic E-state index is 14.3. The number of pyridine rings is 1. The molecule has 2 aliphatic rings. The smallest absolute Gasteiger partial charge is 0.395 e. The second-order valence-corrected chi connectivity index (χ2v) is 9.29. The van der Waals surface area contributed by atoms with Crippen molar-refractivity contribution in [1.82, 2.24) is 19.7 Å². The van der Waals surface area contributed by atoms with E-state index in [1.165, 1.54) is 4.90 Å². The second-order valence-electron chi connectivity index (χ2n) is 9.29. The predicted octanol–water partition coefficient (Wildman–Crippen LogP) is 3.21. The van der Waals surface area contributed by atoms with Gasteiger partial charge in [0, 0.05) is 64.1 Å². The molecule has 2 saturated heterocycles. The molecule has 0 spiro atoms. The Bertz CT molecular complexity index is 1120. The summed E-state index contributed by atoms with van der Waals surface area (Å²) < 4.78 is 52.7. The number of carbonyl (C=O) groups is 2. The molecule has 1 aromatic heterocycles. The summed E-state index contributed by atoms with van der Waals surface area (Å²) in [5.74, 6) is -1.31. The van der Waals surface area contributed by atoms with Crippen LogP contribution in [-0.4, -0.2) is 89.1 Å². The van der Waals surface area contributed by atoms with Crippen LogP contribution in [0.5, 0.6) is 0 Å². The average Bonchev–Trinajstić information content (AvgIpc) is 3.23. The fourth-order valence-electron chi connectivity index (χ4n) is 4.74. The summed E-state index contributed by atoms with van der Waals surface area (Å²) in [6.45, 7) is 2.39. The largest absolute Gasteiger partial charge is 0.417 e. The van der Waals surface area contributed by atoms with Gasteiger partial charge >= 0.3 is 12.2 Å². The highest BCUT2D eigenvalue weighted by Gasteiger charge is 2.36. The number of halogens is 4. The van der Waals surface area contributed by atoms with Crippen LogP contribution in [-0.2, 0) is 12.7 Å². The SMILES string of the molecule is CN(CCO)C(=O)c1ccc(CN2CCN(C3CCN(c4ncc(C(F)(F)F)cc4F)CC3)C2=O)cc1. The molecule has 0 aliphatic carbocycles. The minimum atomic E-state index is -4.65. The van der Waals surface area contributed by atoms with E-state index in [1.54, 1.807) is 46.0 Å². The molecule has 0 bridgehead atoms. The van der Waals surface area contributed by atoms with Crippen molar-refractivity contribution in [1.29, 1.82) is 0 Å². The highest BCUT2D eigenvalue weighted by molar-refractivity contribution is 5.94. The molecule has 1 N–H and O–H groups in total. The van der Waals surface area contributed by atoms with Gasteiger partial charge in [0.25, 0.3) is 5.91 Å². The van der Waals surface area contributed by atoms with Crippen LogP contribution in [0.2, 0.25) is 0 Å². The van der Waals surface area contributed by atoms with Crippen LogP contribution in [0.3, 0.4) is 0 Å². The first-order chi connectivity index (χ1) is 17.6. The Balaban J connectivity index is 1.31. The maximum Gasteiger partial charge on any atom is 0.417 e. The minimum absolute atomic E-state index is 0.0479. The molecule has 37 heavy (non-hydrogen) atoms. The van der Waals surface area contributed by atoms with Gasteiger partial charge in [-0.1, -0.05) is 12.1 Å². The maximum atomic E-state index is 14.3. The molecular formula is C25H29F4N5O3. The Hall–Kier alpha value is -3.41. The highest BCUT2D eigenvalue weighted by atomic mass is 19.4. The number of alkyl halides is 3. The number of amides is 3. The lowest BCUT2D eigenvalue weighted by Crippen LogP contribution is -2.47. The number of anilines is 1. The molecule has 0 unspecified atom stereocenters. The summed E-state index contributed by atoms with van der Waals surface area (Å²) in [7, 11) is 1.62. The third-order valence-electron chi connectivity index (χ3n) is 6.84. The normalized spacial score (nSPS) is 17.0. The Labute approximate surface area is 212 Å². The molecule has 4 rings (SSSR count). The van der Waals surface area contributed by atoms with Gasteiger partial charge in [0.15, 0.2) is 11.6 Å². The number of aliphatic hydroxyl groups is 1. The first-order valence-corrected chi connectivity index (χ1v) is 12.1. The molecule has 200 valence electrons. The fourth-order valence-corrected chi connectivity index (χ4v) is 4.74. The number of aliphatic hydroxyl groups excluding tert-OH is 1. The molecular weight excluding hydrogens is 494 g/mol. The van der Waals surface area contributed by atoms with Gasteiger partial charge in [0.1, 0.15) is 0 Å². The molecule has 3 heterocycles. The molecule has 1 aromatic carbocycles. The van der Waals surface area contributed by atoms with E-state index >= 15 is 0 Å². The van der Waals surface area contributed by atoms with Crippen LogP contribution in [0.25, 0.3) is 0 Å². The Morgan fingerprint density at radius 1 is 1.14 bits per heavy atom. The van der Waals surface area contributed by atoms with Gasteiger partial charge in [-0.25, -0.2) is 14.2 Å². The summed E-state index contributed by atoms with van der Waals surface area (Å²) >= 11 is 0. The van der Waals surface area contributed by atoms with Crippen molar-refractivity contribution >= 4 is 17.8 Å². The van der Waals surface area contributed by atoms with Crippen molar-refractivity contribution in [3.8, 4) is 0 Å². The quantitative estimate of drug-likeness (QED) is 0.564. The second kappa shape index (κ2) is 10.9. The lowest BCUT2D eigenvalue weighted by Gasteiger charge is -2.37. The van der Waals surface area contributed by atoms with E-state index in [0.717, 1.165) is 5.56 Å². The first kappa shape index (κ1) is 26.6. The van der Waals surface area contributed by atoms with Gasteiger partial charge in [-0.2, -0.15) is 13.2 Å². The van der Waals surface area contributed by atoms with Crippen LogP contribution in [0.4, 0.5) is 28.2 Å². The zero-order chi connectivity index (χ0) is 26.7. The standard InChI is InChI=1S/C25H29F4N5O3/c1-31(12-13-35)23(36)18-4-2-17(3-5-18)16-33-10-11-34(24(33)37)20-6-8-32(9-7-20)22-21(26)14-19(15-30-22)25(27,28)29/h2-5,14-15,20,35H,6-13,16H2,1H3. The van der Waals surface area contributed by atoms with Gasteiger partial charge < -0.3 is 24.7 Å². The number of nitrogens with zero attached hydrogens (tertiary/aromatic N) is 5. The van der Waals surface area contributed by atoms with Crippen molar-refractivity contribution in [3.05, 3.63) is 59.0 Å². The van der Waals surface area contributed by atoms with E-state index in [-0.39, 0.29) is 36.9 Å². The van der Waals surface area contributed by atoms with Crippen molar-refractivity contribution in [3.63, 3.8) is 0 Å². The molecule has 8 nitrogen and oxygen atoms in total. The minimum Gasteiger partial charge on any atom is -0.395 e. The zero-order valence-electron chi connectivity index (χ0n) is 20.4. The van der Waals surface area contributed by atoms with Crippen molar-refractivity contribution in [2.75, 3.05) is 51.3 Å².